The van der Waals surface area contributed by atoms with Crippen LogP contribution in [0, 0.1) is 0 Å². The standard InChI is InChI=1S/C16H19Cl2NO5/c1-10(24-14-5-4-11(17)7-13(14)18)16(21)23-9-15(20)19-8-12-3-2-6-22-12/h4-5,7,10,12H,2-3,6,8-9H2,1H3,(H,19,20)/t10-,12+/m0/s1. The van der Waals surface area contributed by atoms with E-state index in [9.17, 15) is 9.59 Å². The Hall–Kier alpha value is -1.50. The molecule has 1 amide bonds. The van der Waals surface area contributed by atoms with Crippen molar-refractivity contribution >= 4 is 35.1 Å². The van der Waals surface area contributed by atoms with Gasteiger partial charge in [0.25, 0.3) is 5.91 Å². The average Bonchev–Trinajstić information content (AvgIpc) is 3.06. The Morgan fingerprint density at radius 1 is 1.42 bits per heavy atom. The topological polar surface area (TPSA) is 73.9 Å². The molecule has 0 spiro atoms. The number of benzene rings is 1. The van der Waals surface area contributed by atoms with Crippen LogP contribution in [0.15, 0.2) is 18.2 Å². The van der Waals surface area contributed by atoms with Crippen LogP contribution in [0.4, 0.5) is 0 Å². The summed E-state index contributed by atoms with van der Waals surface area (Å²) < 4.78 is 15.7. The van der Waals surface area contributed by atoms with Gasteiger partial charge < -0.3 is 19.5 Å². The molecule has 0 unspecified atom stereocenters. The van der Waals surface area contributed by atoms with Gasteiger partial charge in [-0.25, -0.2) is 4.79 Å². The lowest BCUT2D eigenvalue weighted by Gasteiger charge is -2.15. The van der Waals surface area contributed by atoms with Crippen molar-refractivity contribution in [1.82, 2.24) is 5.32 Å². The van der Waals surface area contributed by atoms with Crippen LogP contribution in [0.5, 0.6) is 5.75 Å². The molecule has 0 aliphatic carbocycles. The summed E-state index contributed by atoms with van der Waals surface area (Å²) >= 11 is 11.8. The molecule has 8 heteroatoms. The van der Waals surface area contributed by atoms with E-state index < -0.39 is 12.1 Å². The third-order valence-corrected chi connectivity index (χ3v) is 3.96. The highest BCUT2D eigenvalue weighted by atomic mass is 35.5. The molecule has 0 saturated carbocycles. The van der Waals surface area contributed by atoms with Crippen LogP contribution in [0.2, 0.25) is 10.0 Å². The van der Waals surface area contributed by atoms with Crippen LogP contribution in [0.1, 0.15) is 19.8 Å². The van der Waals surface area contributed by atoms with Gasteiger partial charge in [-0.05, 0) is 38.0 Å². The highest BCUT2D eigenvalue weighted by molar-refractivity contribution is 6.35. The lowest BCUT2D eigenvalue weighted by Crippen LogP contribution is -2.36. The number of rotatable bonds is 7. The zero-order valence-corrected chi connectivity index (χ0v) is 14.7. The molecule has 1 aliphatic heterocycles. The lowest BCUT2D eigenvalue weighted by atomic mass is 10.2. The molecule has 1 aromatic rings. The van der Waals surface area contributed by atoms with Crippen molar-refractivity contribution in [2.75, 3.05) is 19.8 Å². The van der Waals surface area contributed by atoms with Crippen molar-refractivity contribution in [3.05, 3.63) is 28.2 Å². The summed E-state index contributed by atoms with van der Waals surface area (Å²) in [4.78, 5) is 23.5. The van der Waals surface area contributed by atoms with E-state index in [0.717, 1.165) is 19.4 Å². The molecule has 0 radical (unpaired) electrons. The maximum Gasteiger partial charge on any atom is 0.347 e. The maximum absolute atomic E-state index is 11.9. The number of halogens is 2. The third-order valence-electron chi connectivity index (χ3n) is 3.43. The second-order valence-corrected chi connectivity index (χ2v) is 6.23. The van der Waals surface area contributed by atoms with Crippen LogP contribution in [-0.4, -0.2) is 43.8 Å². The number of esters is 1. The van der Waals surface area contributed by atoms with Crippen molar-refractivity contribution in [2.24, 2.45) is 0 Å². The zero-order valence-electron chi connectivity index (χ0n) is 13.2. The minimum Gasteiger partial charge on any atom is -0.477 e. The van der Waals surface area contributed by atoms with E-state index in [2.05, 4.69) is 5.32 Å². The van der Waals surface area contributed by atoms with E-state index in [1.807, 2.05) is 0 Å². The fourth-order valence-electron chi connectivity index (χ4n) is 2.15. The van der Waals surface area contributed by atoms with Gasteiger partial charge in [-0.3, -0.25) is 4.79 Å². The van der Waals surface area contributed by atoms with Crippen molar-refractivity contribution in [2.45, 2.75) is 32.0 Å². The molecule has 2 rings (SSSR count). The van der Waals surface area contributed by atoms with Crippen molar-refractivity contribution in [3.8, 4) is 5.75 Å². The third kappa shape index (κ3) is 5.85. The molecular weight excluding hydrogens is 357 g/mol. The molecule has 0 bridgehead atoms. The predicted octanol–water partition coefficient (Wildman–Crippen LogP) is 2.60. The molecule has 1 saturated heterocycles. The monoisotopic (exact) mass is 375 g/mol. The van der Waals surface area contributed by atoms with Crippen molar-refractivity contribution < 1.29 is 23.8 Å². The predicted molar refractivity (Wildman–Crippen MR) is 89.5 cm³/mol. The van der Waals surface area contributed by atoms with Gasteiger partial charge in [0.1, 0.15) is 5.75 Å². The highest BCUT2D eigenvalue weighted by Gasteiger charge is 2.20. The van der Waals surface area contributed by atoms with Crippen LogP contribution in [0.3, 0.4) is 0 Å². The van der Waals surface area contributed by atoms with E-state index in [-0.39, 0.29) is 23.6 Å². The Balaban J connectivity index is 1.71. The Labute approximate surface area is 150 Å². The molecule has 0 aromatic heterocycles. The van der Waals surface area contributed by atoms with E-state index in [4.69, 9.17) is 37.4 Å². The summed E-state index contributed by atoms with van der Waals surface area (Å²) in [6.45, 7) is 2.28. The van der Waals surface area contributed by atoms with Crippen LogP contribution in [0.25, 0.3) is 0 Å². The molecule has 1 heterocycles. The fraction of sp³-hybridized carbons (Fsp3) is 0.500. The van der Waals surface area contributed by atoms with Gasteiger partial charge in [-0.1, -0.05) is 23.2 Å². The number of carbonyl (C=O) groups is 2. The Kier molecular flexibility index (Phi) is 7.15. The zero-order chi connectivity index (χ0) is 17.5. The minimum absolute atomic E-state index is 0.0407. The van der Waals surface area contributed by atoms with E-state index in [0.29, 0.717) is 17.3 Å². The number of hydrogen-bond acceptors (Lipinski definition) is 5. The molecule has 1 fully saturated rings. The van der Waals surface area contributed by atoms with Crippen molar-refractivity contribution in [3.63, 3.8) is 0 Å². The molecule has 2 atom stereocenters. The first-order valence-corrected chi connectivity index (χ1v) is 8.38. The summed E-state index contributed by atoms with van der Waals surface area (Å²) in [6, 6.07) is 4.66. The second kappa shape index (κ2) is 9.11. The van der Waals surface area contributed by atoms with E-state index >= 15 is 0 Å². The number of ether oxygens (including phenoxy) is 3. The molecular formula is C16H19Cl2NO5. The number of carbonyl (C=O) groups excluding carboxylic acids is 2. The molecule has 1 aliphatic rings. The number of amides is 1. The van der Waals surface area contributed by atoms with Gasteiger partial charge in [0.15, 0.2) is 12.7 Å². The van der Waals surface area contributed by atoms with E-state index in [1.165, 1.54) is 13.0 Å². The first kappa shape index (κ1) is 18.8. The van der Waals surface area contributed by atoms with Crippen LogP contribution in [-0.2, 0) is 19.1 Å². The molecule has 1 N–H and O–H groups in total. The first-order valence-electron chi connectivity index (χ1n) is 7.62. The molecule has 1 aromatic carbocycles. The Morgan fingerprint density at radius 2 is 2.21 bits per heavy atom. The van der Waals surface area contributed by atoms with Gasteiger partial charge in [0.2, 0.25) is 0 Å². The van der Waals surface area contributed by atoms with Gasteiger partial charge in [-0.2, -0.15) is 0 Å². The molecule has 6 nitrogen and oxygen atoms in total. The van der Waals surface area contributed by atoms with Crippen LogP contribution >= 0.6 is 23.2 Å². The van der Waals surface area contributed by atoms with Gasteiger partial charge in [-0.15, -0.1) is 0 Å². The summed E-state index contributed by atoms with van der Waals surface area (Å²) in [5.74, 6) is -0.725. The fourth-order valence-corrected chi connectivity index (χ4v) is 2.60. The van der Waals surface area contributed by atoms with Crippen LogP contribution < -0.4 is 10.1 Å². The summed E-state index contributed by atoms with van der Waals surface area (Å²) in [5, 5.41) is 3.42. The quantitative estimate of drug-likeness (QED) is 0.741. The summed E-state index contributed by atoms with van der Waals surface area (Å²) in [7, 11) is 0. The normalized spacial score (nSPS) is 18.0. The molecule has 132 valence electrons. The number of hydrogen-bond donors (Lipinski definition) is 1. The van der Waals surface area contributed by atoms with Crippen molar-refractivity contribution in [1.29, 1.82) is 0 Å². The number of nitrogens with one attached hydrogen (secondary N) is 1. The van der Waals surface area contributed by atoms with Gasteiger partial charge in [0, 0.05) is 18.2 Å². The SMILES string of the molecule is C[C@H](Oc1ccc(Cl)cc1Cl)C(=O)OCC(=O)NC[C@H]1CCCO1. The largest absolute Gasteiger partial charge is 0.477 e. The smallest absolute Gasteiger partial charge is 0.347 e. The minimum atomic E-state index is -0.908. The lowest BCUT2D eigenvalue weighted by molar-refractivity contribution is -0.154. The molecule has 24 heavy (non-hydrogen) atoms. The Bertz CT molecular complexity index is 590. The van der Waals surface area contributed by atoms with Gasteiger partial charge in [0.05, 0.1) is 11.1 Å². The maximum atomic E-state index is 11.9. The summed E-state index contributed by atoms with van der Waals surface area (Å²) in [5.41, 5.74) is 0. The summed E-state index contributed by atoms with van der Waals surface area (Å²) in [6.07, 6.45) is 1.05. The first-order chi connectivity index (χ1) is 11.5. The van der Waals surface area contributed by atoms with Gasteiger partial charge >= 0.3 is 5.97 Å². The van der Waals surface area contributed by atoms with E-state index in [1.54, 1.807) is 12.1 Å². The average molecular weight is 376 g/mol. The highest BCUT2D eigenvalue weighted by Crippen LogP contribution is 2.28. The Morgan fingerprint density at radius 3 is 2.88 bits per heavy atom. The second-order valence-electron chi connectivity index (χ2n) is 5.38.